The largest absolute Gasteiger partial charge is 0.504 e. The highest BCUT2D eigenvalue weighted by molar-refractivity contribution is 5.81. The molecule has 0 saturated heterocycles. The minimum absolute atomic E-state index is 0.0143. The fourth-order valence-corrected chi connectivity index (χ4v) is 1.23. The molecule has 0 heterocycles. The first kappa shape index (κ1) is 13.2. The lowest BCUT2D eigenvalue weighted by molar-refractivity contribution is -0.134. The Bertz CT molecular complexity index is 411. The molecule has 1 aromatic carbocycles. The summed E-state index contributed by atoms with van der Waals surface area (Å²) in [5.41, 5.74) is 5.84. The van der Waals surface area contributed by atoms with Gasteiger partial charge in [-0.25, -0.2) is 5.84 Å². The van der Waals surface area contributed by atoms with E-state index in [0.717, 1.165) is 5.01 Å². The predicted octanol–water partition coefficient (Wildman–Crippen LogP) is -1.38. The molecule has 0 aliphatic heterocycles. The minimum atomic E-state index is -1.06. The van der Waals surface area contributed by atoms with E-state index in [1.54, 1.807) is 0 Å². The van der Waals surface area contributed by atoms with Crippen LogP contribution in [0.5, 0.6) is 11.5 Å². The van der Waals surface area contributed by atoms with Crippen LogP contribution in [0.25, 0.3) is 0 Å². The van der Waals surface area contributed by atoms with Crippen LogP contribution in [-0.4, -0.2) is 38.9 Å². The Morgan fingerprint density at radius 3 is 2.53 bits per heavy atom. The average molecular weight is 241 g/mol. The summed E-state index contributed by atoms with van der Waals surface area (Å²) in [7, 11) is 0. The Balaban J connectivity index is 2.71. The second-order valence-electron chi connectivity index (χ2n) is 3.58. The smallest absolute Gasteiger partial charge is 0.256 e. The maximum Gasteiger partial charge on any atom is 0.256 e. The molecule has 1 atom stereocenters. The van der Waals surface area contributed by atoms with E-state index in [-0.39, 0.29) is 18.0 Å². The third kappa shape index (κ3) is 3.31. The van der Waals surface area contributed by atoms with Gasteiger partial charge in [-0.05, 0) is 17.7 Å². The lowest BCUT2D eigenvalue weighted by Gasteiger charge is -2.19. The summed E-state index contributed by atoms with van der Waals surface area (Å²) in [5.74, 6) is 4.30. The van der Waals surface area contributed by atoms with Gasteiger partial charge in [0, 0.05) is 0 Å². The minimum Gasteiger partial charge on any atom is -0.504 e. The van der Waals surface area contributed by atoms with Gasteiger partial charge in [0.1, 0.15) is 6.04 Å². The Morgan fingerprint density at radius 2 is 2.00 bits per heavy atom. The molecule has 0 aromatic heterocycles. The number of aliphatic hydroxyl groups excluding tert-OH is 1. The van der Waals surface area contributed by atoms with Crippen molar-refractivity contribution in [1.29, 1.82) is 0 Å². The van der Waals surface area contributed by atoms with Gasteiger partial charge in [-0.15, -0.1) is 0 Å². The predicted molar refractivity (Wildman–Crippen MR) is 59.6 cm³/mol. The first-order valence-electron chi connectivity index (χ1n) is 4.89. The molecule has 7 nitrogen and oxygen atoms in total. The molecule has 0 saturated carbocycles. The van der Waals surface area contributed by atoms with Gasteiger partial charge in [0.15, 0.2) is 11.5 Å². The lowest BCUT2D eigenvalue weighted by Crippen LogP contribution is -2.48. The van der Waals surface area contributed by atoms with E-state index in [4.69, 9.17) is 21.8 Å². The molecule has 7 heteroatoms. The van der Waals surface area contributed by atoms with Crippen molar-refractivity contribution in [3.05, 3.63) is 23.8 Å². The third-order valence-corrected chi connectivity index (χ3v) is 2.19. The molecule has 0 spiro atoms. The Kier molecular flexibility index (Phi) is 4.27. The number of phenolic OH excluding ortho intramolecular Hbond substituents is 2. The van der Waals surface area contributed by atoms with Crippen molar-refractivity contribution in [3.8, 4) is 11.5 Å². The maximum atomic E-state index is 11.4. The second-order valence-corrected chi connectivity index (χ2v) is 3.58. The van der Waals surface area contributed by atoms with Gasteiger partial charge >= 0.3 is 0 Å². The number of carbonyl (C=O) groups is 1. The first-order valence-corrected chi connectivity index (χ1v) is 4.89. The number of aliphatic hydroxyl groups is 1. The normalized spacial score (nSPS) is 12.2. The standard InChI is InChI=1S/C10H15N3O4/c11-7(5-14)10(17)13(12)4-6-1-2-8(15)9(16)3-6/h1-3,7,14-16H,4-5,11-12H2/t7-/m0/s1. The Morgan fingerprint density at radius 1 is 1.35 bits per heavy atom. The molecule has 0 bridgehead atoms. The molecule has 0 radical (unpaired) electrons. The number of hydrogen-bond donors (Lipinski definition) is 5. The van der Waals surface area contributed by atoms with Crippen molar-refractivity contribution in [2.24, 2.45) is 11.6 Å². The van der Waals surface area contributed by atoms with E-state index in [2.05, 4.69) is 0 Å². The number of hydrazine groups is 1. The quantitative estimate of drug-likeness (QED) is 0.191. The van der Waals surface area contributed by atoms with Crippen molar-refractivity contribution >= 4 is 5.91 Å². The number of aromatic hydroxyl groups is 2. The molecule has 1 rings (SSSR count). The number of nitrogens with zero attached hydrogens (tertiary/aromatic N) is 1. The van der Waals surface area contributed by atoms with E-state index >= 15 is 0 Å². The van der Waals surface area contributed by atoms with Crippen LogP contribution in [0, 0.1) is 0 Å². The van der Waals surface area contributed by atoms with Gasteiger partial charge in [-0.1, -0.05) is 6.07 Å². The van der Waals surface area contributed by atoms with Crippen LogP contribution in [0.2, 0.25) is 0 Å². The number of amides is 1. The summed E-state index contributed by atoms with van der Waals surface area (Å²) in [4.78, 5) is 11.4. The van der Waals surface area contributed by atoms with Gasteiger partial charge < -0.3 is 21.1 Å². The van der Waals surface area contributed by atoms with E-state index in [1.807, 2.05) is 0 Å². The summed E-state index contributed by atoms with van der Waals surface area (Å²) in [6.45, 7) is -0.478. The Labute approximate surface area is 97.8 Å². The molecule has 0 unspecified atom stereocenters. The fraction of sp³-hybridized carbons (Fsp3) is 0.300. The molecule has 7 N–H and O–H groups in total. The number of benzene rings is 1. The van der Waals surface area contributed by atoms with Gasteiger partial charge in [0.2, 0.25) is 0 Å². The van der Waals surface area contributed by atoms with Gasteiger partial charge in [-0.3, -0.25) is 9.80 Å². The second kappa shape index (κ2) is 5.48. The SMILES string of the molecule is N[C@@H](CO)C(=O)N(N)Cc1ccc(O)c(O)c1. The zero-order chi connectivity index (χ0) is 13.0. The number of phenols is 2. The van der Waals surface area contributed by atoms with E-state index in [0.29, 0.717) is 5.56 Å². The van der Waals surface area contributed by atoms with Crippen molar-refractivity contribution in [2.75, 3.05) is 6.61 Å². The lowest BCUT2D eigenvalue weighted by atomic mass is 10.2. The molecular weight excluding hydrogens is 226 g/mol. The van der Waals surface area contributed by atoms with Crippen LogP contribution in [-0.2, 0) is 11.3 Å². The molecular formula is C10H15N3O4. The first-order chi connectivity index (χ1) is 7.95. The monoisotopic (exact) mass is 241 g/mol. The number of hydrogen-bond acceptors (Lipinski definition) is 6. The molecule has 0 aliphatic rings. The van der Waals surface area contributed by atoms with Crippen LogP contribution in [0.3, 0.4) is 0 Å². The van der Waals surface area contributed by atoms with E-state index in [1.165, 1.54) is 18.2 Å². The Hall–Kier alpha value is -1.83. The molecule has 1 amide bonds. The van der Waals surface area contributed by atoms with E-state index in [9.17, 15) is 9.90 Å². The molecule has 0 aliphatic carbocycles. The van der Waals surface area contributed by atoms with Crippen LogP contribution in [0.15, 0.2) is 18.2 Å². The van der Waals surface area contributed by atoms with Crippen molar-refractivity contribution in [3.63, 3.8) is 0 Å². The summed E-state index contributed by atoms with van der Waals surface area (Å²) in [6.07, 6.45) is 0. The van der Waals surface area contributed by atoms with Gasteiger partial charge in [0.25, 0.3) is 5.91 Å². The van der Waals surface area contributed by atoms with Crippen LogP contribution in [0.4, 0.5) is 0 Å². The molecule has 1 aromatic rings. The average Bonchev–Trinajstić information content (AvgIpc) is 2.31. The number of carbonyl (C=O) groups excluding carboxylic acids is 1. The fourth-order valence-electron chi connectivity index (χ4n) is 1.23. The highest BCUT2D eigenvalue weighted by atomic mass is 16.3. The molecule has 94 valence electrons. The van der Waals surface area contributed by atoms with Crippen LogP contribution >= 0.6 is 0 Å². The summed E-state index contributed by atoms with van der Waals surface area (Å²) in [6, 6.07) is 3.01. The zero-order valence-corrected chi connectivity index (χ0v) is 9.08. The number of rotatable bonds is 4. The van der Waals surface area contributed by atoms with Crippen molar-refractivity contribution < 1.29 is 20.1 Å². The van der Waals surface area contributed by atoms with Gasteiger partial charge in [-0.2, -0.15) is 0 Å². The highest BCUT2D eigenvalue weighted by Gasteiger charge is 2.18. The zero-order valence-electron chi connectivity index (χ0n) is 9.08. The van der Waals surface area contributed by atoms with Crippen LogP contribution in [0.1, 0.15) is 5.56 Å². The highest BCUT2D eigenvalue weighted by Crippen LogP contribution is 2.25. The summed E-state index contributed by atoms with van der Waals surface area (Å²) < 4.78 is 0. The number of nitrogens with two attached hydrogens (primary N) is 2. The van der Waals surface area contributed by atoms with Gasteiger partial charge in [0.05, 0.1) is 13.2 Å². The third-order valence-electron chi connectivity index (χ3n) is 2.19. The summed E-state index contributed by atoms with van der Waals surface area (Å²) in [5, 5.41) is 27.9. The van der Waals surface area contributed by atoms with E-state index < -0.39 is 18.6 Å². The molecule has 0 fully saturated rings. The summed E-state index contributed by atoms with van der Waals surface area (Å²) >= 11 is 0. The molecule has 17 heavy (non-hydrogen) atoms. The van der Waals surface area contributed by atoms with Crippen LogP contribution < -0.4 is 11.6 Å². The van der Waals surface area contributed by atoms with Crippen molar-refractivity contribution in [1.82, 2.24) is 5.01 Å². The maximum absolute atomic E-state index is 11.4. The van der Waals surface area contributed by atoms with Crippen molar-refractivity contribution in [2.45, 2.75) is 12.6 Å². The topological polar surface area (TPSA) is 133 Å².